The van der Waals surface area contributed by atoms with Crippen LogP contribution in [-0.2, 0) is 15.7 Å². The fourth-order valence-corrected chi connectivity index (χ4v) is 2.53. The average Bonchev–Trinajstić information content (AvgIpc) is 2.53. The van der Waals surface area contributed by atoms with Crippen LogP contribution in [0.15, 0.2) is 24.3 Å². The van der Waals surface area contributed by atoms with Crippen LogP contribution in [0.4, 0.5) is 18.9 Å². The van der Waals surface area contributed by atoms with Crippen LogP contribution in [0.2, 0.25) is 0 Å². The minimum atomic E-state index is -4.38. The molecule has 0 aliphatic heterocycles. The van der Waals surface area contributed by atoms with Crippen molar-refractivity contribution in [3.05, 3.63) is 35.5 Å². The highest BCUT2D eigenvalue weighted by molar-refractivity contribution is 5.92. The van der Waals surface area contributed by atoms with Gasteiger partial charge in [-0.15, -0.1) is 0 Å². The Kier molecular flexibility index (Phi) is 6.01. The molecule has 1 aromatic carbocycles. The number of aromatic nitrogens is 1. The first-order valence-corrected chi connectivity index (χ1v) is 7.58. The van der Waals surface area contributed by atoms with E-state index in [1.54, 1.807) is 21.1 Å². The molecule has 1 aromatic heterocycles. The number of halogens is 3. The third-order valence-corrected chi connectivity index (χ3v) is 3.71. The maximum absolute atomic E-state index is 12.9. The topological polar surface area (TPSA) is 34.6 Å². The highest BCUT2D eigenvalue weighted by atomic mass is 19.4. The van der Waals surface area contributed by atoms with Crippen molar-refractivity contribution in [3.63, 3.8) is 0 Å². The Bertz CT molecular complexity index is 681. The minimum Gasteiger partial charge on any atom is -0.383 e. The summed E-state index contributed by atoms with van der Waals surface area (Å²) in [7, 11) is 3.22. The minimum absolute atomic E-state index is 0.333. The average molecular weight is 342 g/mol. The van der Waals surface area contributed by atoms with Crippen LogP contribution in [0.25, 0.3) is 10.9 Å². The van der Waals surface area contributed by atoms with Gasteiger partial charge in [0, 0.05) is 44.1 Å². The molecule has 2 rings (SSSR count). The predicted octanol–water partition coefficient (Wildman–Crippen LogP) is 3.66. The molecule has 0 bridgehead atoms. The Hall–Kier alpha value is -1.86. The highest BCUT2D eigenvalue weighted by Gasteiger charge is 2.30. The number of methoxy groups -OCH3 is 2. The van der Waals surface area contributed by atoms with Gasteiger partial charge in [-0.25, -0.2) is 0 Å². The van der Waals surface area contributed by atoms with Gasteiger partial charge >= 0.3 is 6.18 Å². The van der Waals surface area contributed by atoms with Crippen molar-refractivity contribution in [2.75, 3.05) is 45.4 Å². The van der Waals surface area contributed by atoms with Gasteiger partial charge in [0.25, 0.3) is 0 Å². The molecular weight excluding hydrogens is 321 g/mol. The number of anilines is 1. The van der Waals surface area contributed by atoms with Crippen molar-refractivity contribution >= 4 is 16.6 Å². The fraction of sp³-hybridized carbons (Fsp3) is 0.471. The van der Waals surface area contributed by atoms with Gasteiger partial charge in [0.05, 0.1) is 24.3 Å². The van der Waals surface area contributed by atoms with Crippen LogP contribution >= 0.6 is 0 Å². The molecule has 0 unspecified atom stereocenters. The number of pyridine rings is 1. The third kappa shape index (κ3) is 4.36. The summed E-state index contributed by atoms with van der Waals surface area (Å²) in [6.45, 7) is 4.01. The van der Waals surface area contributed by atoms with E-state index in [0.29, 0.717) is 42.9 Å². The summed E-state index contributed by atoms with van der Waals surface area (Å²) < 4.78 is 49.1. The van der Waals surface area contributed by atoms with Crippen LogP contribution in [0.5, 0.6) is 0 Å². The number of ether oxygens (including phenoxy) is 2. The molecule has 0 aliphatic rings. The number of aryl methyl sites for hydroxylation is 1. The van der Waals surface area contributed by atoms with Crippen LogP contribution in [0, 0.1) is 6.92 Å². The normalized spacial score (nSPS) is 11.9. The lowest BCUT2D eigenvalue weighted by Crippen LogP contribution is -2.31. The SMILES string of the molecule is COCCN(CCOC)c1cc(C)nc2cc(C(F)(F)F)ccc12. The molecule has 2 aromatic rings. The van der Waals surface area contributed by atoms with Crippen molar-refractivity contribution in [2.24, 2.45) is 0 Å². The largest absolute Gasteiger partial charge is 0.416 e. The van der Waals surface area contributed by atoms with Crippen molar-refractivity contribution < 1.29 is 22.6 Å². The van der Waals surface area contributed by atoms with E-state index < -0.39 is 11.7 Å². The van der Waals surface area contributed by atoms with E-state index in [9.17, 15) is 13.2 Å². The summed E-state index contributed by atoms with van der Waals surface area (Å²) in [5, 5.41) is 0.681. The van der Waals surface area contributed by atoms with Gasteiger partial charge in [-0.05, 0) is 25.1 Å². The first-order chi connectivity index (χ1) is 11.4. The monoisotopic (exact) mass is 342 g/mol. The Morgan fingerprint density at radius 3 is 2.21 bits per heavy atom. The summed E-state index contributed by atoms with van der Waals surface area (Å²) in [5.41, 5.74) is 1.14. The Morgan fingerprint density at radius 2 is 1.67 bits per heavy atom. The lowest BCUT2D eigenvalue weighted by Gasteiger charge is -2.26. The predicted molar refractivity (Wildman–Crippen MR) is 87.4 cm³/mol. The van der Waals surface area contributed by atoms with Gasteiger partial charge in [-0.1, -0.05) is 6.07 Å². The second kappa shape index (κ2) is 7.81. The van der Waals surface area contributed by atoms with Crippen molar-refractivity contribution in [1.82, 2.24) is 4.98 Å². The second-order valence-electron chi connectivity index (χ2n) is 5.49. The standard InChI is InChI=1S/C17H21F3N2O2/c1-12-10-16(22(6-8-23-2)7-9-24-3)14-5-4-13(17(18,19)20)11-15(14)21-12/h4-5,10-11H,6-9H2,1-3H3. The molecule has 0 spiro atoms. The number of fused-ring (bicyclic) bond motifs is 1. The Labute approximate surface area is 139 Å². The molecule has 7 heteroatoms. The second-order valence-corrected chi connectivity index (χ2v) is 5.49. The summed E-state index contributed by atoms with van der Waals surface area (Å²) in [4.78, 5) is 6.30. The van der Waals surface area contributed by atoms with Crippen molar-refractivity contribution in [1.29, 1.82) is 0 Å². The number of hydrogen-bond donors (Lipinski definition) is 0. The van der Waals surface area contributed by atoms with Gasteiger partial charge in [-0.2, -0.15) is 13.2 Å². The Morgan fingerprint density at radius 1 is 1.04 bits per heavy atom. The van der Waals surface area contributed by atoms with Crippen molar-refractivity contribution in [2.45, 2.75) is 13.1 Å². The molecule has 0 amide bonds. The quantitative estimate of drug-likeness (QED) is 0.769. The smallest absolute Gasteiger partial charge is 0.383 e. The van der Waals surface area contributed by atoms with Gasteiger partial charge in [0.2, 0.25) is 0 Å². The number of rotatable bonds is 7. The van der Waals surface area contributed by atoms with E-state index >= 15 is 0 Å². The first-order valence-electron chi connectivity index (χ1n) is 7.58. The van der Waals surface area contributed by atoms with Crippen molar-refractivity contribution in [3.8, 4) is 0 Å². The van der Waals surface area contributed by atoms with Crippen LogP contribution in [0.1, 0.15) is 11.3 Å². The zero-order valence-electron chi connectivity index (χ0n) is 14.0. The maximum atomic E-state index is 12.9. The molecule has 0 saturated carbocycles. The molecule has 132 valence electrons. The zero-order chi connectivity index (χ0) is 17.7. The van der Waals surface area contributed by atoms with E-state index in [1.165, 1.54) is 6.07 Å². The Balaban J connectivity index is 2.50. The van der Waals surface area contributed by atoms with Gasteiger partial charge in [0.1, 0.15) is 0 Å². The van der Waals surface area contributed by atoms with E-state index in [1.807, 2.05) is 11.0 Å². The van der Waals surface area contributed by atoms with E-state index in [4.69, 9.17) is 9.47 Å². The zero-order valence-corrected chi connectivity index (χ0v) is 14.0. The molecule has 4 nitrogen and oxygen atoms in total. The van der Waals surface area contributed by atoms with Gasteiger partial charge in [0.15, 0.2) is 0 Å². The lowest BCUT2D eigenvalue weighted by atomic mass is 10.1. The number of alkyl halides is 3. The van der Waals surface area contributed by atoms with Crippen LogP contribution < -0.4 is 4.90 Å². The molecule has 24 heavy (non-hydrogen) atoms. The van der Waals surface area contributed by atoms with Crippen LogP contribution in [0.3, 0.4) is 0 Å². The summed E-state index contributed by atoms with van der Waals surface area (Å²) in [5.74, 6) is 0. The first kappa shape index (κ1) is 18.5. The molecule has 1 heterocycles. The molecule has 0 N–H and O–H groups in total. The number of nitrogens with zero attached hydrogens (tertiary/aromatic N) is 2. The van der Waals surface area contributed by atoms with E-state index in [0.717, 1.165) is 17.8 Å². The van der Waals surface area contributed by atoms with E-state index in [-0.39, 0.29) is 0 Å². The lowest BCUT2D eigenvalue weighted by molar-refractivity contribution is -0.137. The van der Waals surface area contributed by atoms with Gasteiger partial charge < -0.3 is 14.4 Å². The fourth-order valence-electron chi connectivity index (χ4n) is 2.53. The third-order valence-electron chi connectivity index (χ3n) is 3.71. The summed E-state index contributed by atoms with van der Waals surface area (Å²) >= 11 is 0. The molecule has 0 radical (unpaired) electrons. The molecule has 0 saturated heterocycles. The molecular formula is C17H21F3N2O2. The molecule has 0 aliphatic carbocycles. The number of hydrogen-bond acceptors (Lipinski definition) is 4. The molecule has 0 fully saturated rings. The number of benzene rings is 1. The highest BCUT2D eigenvalue weighted by Crippen LogP contribution is 2.34. The maximum Gasteiger partial charge on any atom is 0.416 e. The summed E-state index contributed by atoms with van der Waals surface area (Å²) in [6, 6.07) is 5.54. The van der Waals surface area contributed by atoms with Crippen LogP contribution in [-0.4, -0.2) is 45.5 Å². The molecule has 0 atom stereocenters. The summed E-state index contributed by atoms with van der Waals surface area (Å²) in [6.07, 6.45) is -4.38. The van der Waals surface area contributed by atoms with Gasteiger partial charge in [-0.3, -0.25) is 4.98 Å². The van der Waals surface area contributed by atoms with E-state index in [2.05, 4.69) is 4.98 Å².